The van der Waals surface area contributed by atoms with Gasteiger partial charge >= 0.3 is 5.69 Å². The van der Waals surface area contributed by atoms with Crippen molar-refractivity contribution in [3.05, 3.63) is 93.1 Å². The molecule has 180 valence electrons. The first-order valence-corrected chi connectivity index (χ1v) is 11.5. The van der Waals surface area contributed by atoms with Crippen molar-refractivity contribution in [2.75, 3.05) is 12.0 Å². The van der Waals surface area contributed by atoms with Crippen molar-refractivity contribution < 1.29 is 9.84 Å². The smallest absolute Gasteiger partial charge is 0.329 e. The van der Waals surface area contributed by atoms with Gasteiger partial charge in [0.25, 0.3) is 5.56 Å². The van der Waals surface area contributed by atoms with Crippen molar-refractivity contribution >= 4 is 43.7 Å². The lowest BCUT2D eigenvalue weighted by Gasteiger charge is -2.15. The number of aryl methyl sites for hydroxylation is 1. The number of H-pyrrole nitrogens is 1. The second-order valence-electron chi connectivity index (χ2n) is 7.60. The number of fused-ring (bicyclic) bond motifs is 1. The average molecular weight is 539 g/mol. The van der Waals surface area contributed by atoms with Crippen LogP contribution in [0.25, 0.3) is 17.2 Å². The summed E-state index contributed by atoms with van der Waals surface area (Å²) in [5.74, 6) is 0.787. The van der Waals surface area contributed by atoms with Crippen LogP contribution in [0.15, 0.2) is 81.4 Å². The predicted molar refractivity (Wildman–Crippen MR) is 139 cm³/mol. The Bertz CT molecular complexity index is 1480. The molecule has 0 bridgehead atoms. The summed E-state index contributed by atoms with van der Waals surface area (Å²) in [4.78, 5) is 31.3. The van der Waals surface area contributed by atoms with E-state index < -0.39 is 17.4 Å². The van der Waals surface area contributed by atoms with E-state index in [4.69, 9.17) is 4.74 Å². The number of nitrogens with one attached hydrogen (secondary N) is 2. The number of anilines is 1. The van der Waals surface area contributed by atoms with Crippen molar-refractivity contribution in [3.8, 4) is 5.75 Å². The summed E-state index contributed by atoms with van der Waals surface area (Å²) in [6, 6.07) is 18.8. The van der Waals surface area contributed by atoms with Crippen molar-refractivity contribution in [3.63, 3.8) is 0 Å². The van der Waals surface area contributed by atoms with Gasteiger partial charge in [0.05, 0.1) is 6.54 Å². The molecular formula is C24H23BrN6O4. The molecule has 0 fully saturated rings. The zero-order valence-electron chi connectivity index (χ0n) is 18.8. The quantitative estimate of drug-likeness (QED) is 0.222. The molecule has 2 aromatic heterocycles. The number of hydrogen-bond acceptors (Lipinski definition) is 7. The fourth-order valence-corrected chi connectivity index (χ4v) is 3.56. The van der Waals surface area contributed by atoms with Gasteiger partial charge in [-0.15, -0.1) is 0 Å². The van der Waals surface area contributed by atoms with E-state index >= 15 is 0 Å². The number of hydrazone groups is 1. The lowest BCUT2D eigenvalue weighted by Crippen LogP contribution is -2.30. The molecule has 0 aliphatic carbocycles. The number of aromatic nitrogens is 4. The molecule has 10 nitrogen and oxygen atoms in total. The van der Waals surface area contributed by atoms with E-state index in [9.17, 15) is 14.7 Å². The molecule has 1 atom stereocenters. The molecule has 0 aliphatic heterocycles. The fourth-order valence-electron chi connectivity index (χ4n) is 3.34. The number of para-hydroxylation sites is 1. The highest BCUT2D eigenvalue weighted by molar-refractivity contribution is 9.18. The summed E-state index contributed by atoms with van der Waals surface area (Å²) in [7, 11) is 1.50. The molecule has 0 saturated heterocycles. The topological polar surface area (TPSA) is 127 Å². The van der Waals surface area contributed by atoms with Crippen LogP contribution in [0.4, 0.5) is 5.95 Å². The molecule has 35 heavy (non-hydrogen) atoms. The van der Waals surface area contributed by atoms with Gasteiger partial charge in [-0.25, -0.2) is 10.2 Å². The van der Waals surface area contributed by atoms with Crippen LogP contribution in [-0.2, 0) is 13.6 Å². The Labute approximate surface area is 208 Å². The van der Waals surface area contributed by atoms with Crippen molar-refractivity contribution in [1.82, 2.24) is 19.1 Å². The van der Waals surface area contributed by atoms with Gasteiger partial charge < -0.3 is 14.4 Å². The Balaban J connectivity index is 1.60. The van der Waals surface area contributed by atoms with Gasteiger partial charge in [-0.2, -0.15) is 10.1 Å². The van der Waals surface area contributed by atoms with Crippen molar-refractivity contribution in [2.45, 2.75) is 12.6 Å². The first-order valence-electron chi connectivity index (χ1n) is 10.7. The number of benzene rings is 2. The van der Waals surface area contributed by atoms with Gasteiger partial charge in [0, 0.05) is 7.05 Å². The number of aliphatic hydroxyl groups excluding tert-OH is 1. The van der Waals surface area contributed by atoms with Gasteiger partial charge in [-0.3, -0.25) is 14.3 Å². The van der Waals surface area contributed by atoms with Gasteiger partial charge in [0.2, 0.25) is 5.95 Å². The molecule has 0 amide bonds. The van der Waals surface area contributed by atoms with E-state index in [-0.39, 0.29) is 30.3 Å². The van der Waals surface area contributed by atoms with E-state index in [0.29, 0.717) is 10.4 Å². The van der Waals surface area contributed by atoms with E-state index in [2.05, 4.69) is 36.4 Å². The highest BCUT2D eigenvalue weighted by Gasteiger charge is 2.20. The number of rotatable bonds is 9. The van der Waals surface area contributed by atoms with Crippen LogP contribution in [0.3, 0.4) is 0 Å². The summed E-state index contributed by atoms with van der Waals surface area (Å²) in [5.41, 5.74) is 2.88. The number of aromatic amines is 1. The number of allylic oxidation sites excluding steroid dienone is 1. The Kier molecular flexibility index (Phi) is 7.58. The molecule has 4 aromatic rings. The summed E-state index contributed by atoms with van der Waals surface area (Å²) in [5, 5.41) is 14.9. The second-order valence-corrected chi connectivity index (χ2v) is 8.42. The predicted octanol–water partition coefficient (Wildman–Crippen LogP) is 2.70. The van der Waals surface area contributed by atoms with Crippen molar-refractivity contribution in [2.24, 2.45) is 12.1 Å². The van der Waals surface area contributed by atoms with Crippen LogP contribution in [0, 0.1) is 0 Å². The number of hydrogen-bond donors (Lipinski definition) is 3. The zero-order chi connectivity index (χ0) is 24.8. The third-order valence-corrected chi connectivity index (χ3v) is 5.50. The number of ether oxygens (including phenoxy) is 1. The van der Waals surface area contributed by atoms with Crippen LogP contribution in [0.2, 0.25) is 0 Å². The van der Waals surface area contributed by atoms with Crippen LogP contribution >= 0.6 is 15.9 Å². The molecule has 2 aromatic carbocycles. The summed E-state index contributed by atoms with van der Waals surface area (Å²) >= 11 is 3.37. The van der Waals surface area contributed by atoms with Gasteiger partial charge in [0.15, 0.2) is 11.2 Å². The summed E-state index contributed by atoms with van der Waals surface area (Å²) < 4.78 is 8.78. The van der Waals surface area contributed by atoms with Crippen LogP contribution < -0.4 is 21.4 Å². The van der Waals surface area contributed by atoms with Crippen LogP contribution in [-0.4, -0.2) is 41.5 Å². The maximum absolute atomic E-state index is 12.6. The molecule has 3 N–H and O–H groups in total. The molecule has 0 saturated carbocycles. The maximum atomic E-state index is 12.6. The van der Waals surface area contributed by atoms with Gasteiger partial charge in [0.1, 0.15) is 23.1 Å². The van der Waals surface area contributed by atoms with E-state index in [1.165, 1.54) is 16.2 Å². The SMILES string of the molecule is Cn1c(=O)[nH]c(=O)c2c1nc(NN=C(Br)C=Cc1ccccc1)n2CC(O)COc1ccccc1. The largest absolute Gasteiger partial charge is 0.491 e. The van der Waals surface area contributed by atoms with Gasteiger partial charge in [-0.05, 0) is 39.7 Å². The molecule has 0 aliphatic rings. The lowest BCUT2D eigenvalue weighted by molar-refractivity contribution is 0.0938. The highest BCUT2D eigenvalue weighted by Crippen LogP contribution is 2.17. The normalized spacial score (nSPS) is 12.8. The number of halogens is 1. The van der Waals surface area contributed by atoms with E-state index in [1.54, 1.807) is 18.2 Å². The molecule has 11 heteroatoms. The molecule has 4 rings (SSSR count). The monoisotopic (exact) mass is 538 g/mol. The molecule has 2 heterocycles. The third kappa shape index (κ3) is 5.94. The van der Waals surface area contributed by atoms with Crippen LogP contribution in [0.5, 0.6) is 5.75 Å². The molecular weight excluding hydrogens is 516 g/mol. The Morgan fingerprint density at radius 2 is 1.89 bits per heavy atom. The Hall–Kier alpha value is -3.96. The minimum Gasteiger partial charge on any atom is -0.491 e. The third-order valence-electron chi connectivity index (χ3n) is 5.06. The Morgan fingerprint density at radius 3 is 2.60 bits per heavy atom. The molecule has 1 unspecified atom stereocenters. The van der Waals surface area contributed by atoms with E-state index in [1.807, 2.05) is 54.6 Å². The second kappa shape index (κ2) is 11.0. The first-order chi connectivity index (χ1) is 16.9. The standard InChI is InChI=1S/C24H23BrN6O4/c1-30-21-20(22(33)27-24(30)34)31(14-17(32)15-35-18-10-6-3-7-11-18)23(26-21)29-28-19(25)13-12-16-8-4-2-5-9-16/h2-13,17,32H,14-15H2,1H3,(H,26,29)(H,27,33,34). The summed E-state index contributed by atoms with van der Waals surface area (Å²) in [6.45, 7) is -0.0421. The number of imidazole rings is 1. The molecule has 0 radical (unpaired) electrons. The number of aliphatic hydroxyl groups is 1. The average Bonchev–Trinajstić information content (AvgIpc) is 3.23. The zero-order valence-corrected chi connectivity index (χ0v) is 20.3. The number of nitrogens with zero attached hydrogens (tertiary/aromatic N) is 4. The van der Waals surface area contributed by atoms with Crippen molar-refractivity contribution in [1.29, 1.82) is 0 Å². The van der Waals surface area contributed by atoms with Crippen LogP contribution in [0.1, 0.15) is 5.56 Å². The fraction of sp³-hybridized carbons (Fsp3) is 0.167. The first kappa shape index (κ1) is 24.2. The minimum absolute atomic E-state index is 0.0143. The minimum atomic E-state index is -0.977. The highest BCUT2D eigenvalue weighted by atomic mass is 79.9. The summed E-state index contributed by atoms with van der Waals surface area (Å²) in [6.07, 6.45) is 2.65. The van der Waals surface area contributed by atoms with Gasteiger partial charge in [-0.1, -0.05) is 54.6 Å². The Morgan fingerprint density at radius 1 is 1.20 bits per heavy atom. The maximum Gasteiger partial charge on any atom is 0.329 e. The van der Waals surface area contributed by atoms with E-state index in [0.717, 1.165) is 5.56 Å². The lowest BCUT2D eigenvalue weighted by atomic mass is 10.2. The molecule has 0 spiro atoms.